The van der Waals surface area contributed by atoms with E-state index in [9.17, 15) is 0 Å². The predicted molar refractivity (Wildman–Crippen MR) is 61.0 cm³/mol. The molecule has 0 amide bonds. The summed E-state index contributed by atoms with van der Waals surface area (Å²) >= 11 is 1.71. The van der Waals surface area contributed by atoms with Crippen LogP contribution in [0.15, 0.2) is 18.5 Å². The lowest BCUT2D eigenvalue weighted by Crippen LogP contribution is -2.21. The minimum Gasteiger partial charge on any atom is -0.349 e. The molecule has 0 bridgehead atoms. The Hall–Kier alpha value is -1.16. The molecule has 2 rings (SSSR count). The number of rotatable bonds is 3. The average molecular weight is 207 g/mol. The zero-order valence-electron chi connectivity index (χ0n) is 8.40. The van der Waals surface area contributed by atoms with E-state index in [2.05, 4.69) is 28.7 Å². The molecule has 0 N–H and O–H groups in total. The molecule has 0 aliphatic heterocycles. The van der Waals surface area contributed by atoms with Gasteiger partial charge in [0.2, 0.25) is 0 Å². The standard InChI is InChI=1S/C10H13N3S/c1-3-13(4-2)10-12-8-5-6-11-7-9(8)14-10/h5-7H,3-4H2,1-2H3. The highest BCUT2D eigenvalue weighted by Gasteiger charge is 2.07. The summed E-state index contributed by atoms with van der Waals surface area (Å²) in [5.74, 6) is 0. The first-order valence-electron chi connectivity index (χ1n) is 4.80. The molecule has 0 saturated heterocycles. The van der Waals surface area contributed by atoms with Gasteiger partial charge in [-0.2, -0.15) is 0 Å². The van der Waals surface area contributed by atoms with E-state index in [0.29, 0.717) is 0 Å². The SMILES string of the molecule is CCN(CC)c1nc2ccncc2s1. The Bertz CT molecular complexity index is 387. The van der Waals surface area contributed by atoms with Crippen LogP contribution in [0.4, 0.5) is 5.13 Å². The summed E-state index contributed by atoms with van der Waals surface area (Å²) in [6.07, 6.45) is 3.66. The first-order valence-corrected chi connectivity index (χ1v) is 5.62. The number of nitrogens with zero attached hydrogens (tertiary/aromatic N) is 3. The van der Waals surface area contributed by atoms with Crippen LogP contribution in [0, 0.1) is 0 Å². The van der Waals surface area contributed by atoms with Crippen molar-refractivity contribution in [2.45, 2.75) is 13.8 Å². The van der Waals surface area contributed by atoms with Crippen molar-refractivity contribution in [3.63, 3.8) is 0 Å². The lowest BCUT2D eigenvalue weighted by molar-refractivity contribution is 0.862. The molecule has 2 aromatic heterocycles. The summed E-state index contributed by atoms with van der Waals surface area (Å²) < 4.78 is 1.16. The molecular formula is C10H13N3S. The van der Waals surface area contributed by atoms with Crippen LogP contribution >= 0.6 is 11.3 Å². The molecular weight excluding hydrogens is 194 g/mol. The van der Waals surface area contributed by atoms with E-state index in [0.717, 1.165) is 28.4 Å². The second-order valence-corrected chi connectivity index (χ2v) is 4.02. The Kier molecular flexibility index (Phi) is 2.63. The predicted octanol–water partition coefficient (Wildman–Crippen LogP) is 2.54. The van der Waals surface area contributed by atoms with E-state index in [-0.39, 0.29) is 0 Å². The molecule has 14 heavy (non-hydrogen) atoms. The Balaban J connectivity index is 2.43. The monoisotopic (exact) mass is 207 g/mol. The third-order valence-corrected chi connectivity index (χ3v) is 3.28. The molecule has 0 unspecified atom stereocenters. The number of aromatic nitrogens is 2. The molecule has 0 saturated carbocycles. The number of pyridine rings is 1. The zero-order valence-corrected chi connectivity index (χ0v) is 9.21. The van der Waals surface area contributed by atoms with Gasteiger partial charge in [0.25, 0.3) is 0 Å². The van der Waals surface area contributed by atoms with Gasteiger partial charge < -0.3 is 4.90 Å². The van der Waals surface area contributed by atoms with Crippen LogP contribution in [0.3, 0.4) is 0 Å². The smallest absolute Gasteiger partial charge is 0.186 e. The van der Waals surface area contributed by atoms with E-state index in [1.807, 2.05) is 12.3 Å². The van der Waals surface area contributed by atoms with Gasteiger partial charge in [-0.3, -0.25) is 4.98 Å². The molecule has 3 nitrogen and oxygen atoms in total. The third kappa shape index (κ3) is 1.57. The highest BCUT2D eigenvalue weighted by atomic mass is 32.1. The fourth-order valence-corrected chi connectivity index (χ4v) is 2.46. The quantitative estimate of drug-likeness (QED) is 0.774. The summed E-state index contributed by atoms with van der Waals surface area (Å²) in [5.41, 5.74) is 1.05. The molecule has 4 heteroatoms. The van der Waals surface area contributed by atoms with E-state index in [1.165, 1.54) is 0 Å². The van der Waals surface area contributed by atoms with E-state index in [1.54, 1.807) is 17.5 Å². The van der Waals surface area contributed by atoms with E-state index >= 15 is 0 Å². The normalized spacial score (nSPS) is 10.7. The molecule has 0 atom stereocenters. The van der Waals surface area contributed by atoms with E-state index < -0.39 is 0 Å². The molecule has 0 fully saturated rings. The average Bonchev–Trinajstić information content (AvgIpc) is 2.63. The highest BCUT2D eigenvalue weighted by Crippen LogP contribution is 2.27. The number of hydrogen-bond acceptors (Lipinski definition) is 4. The second kappa shape index (κ2) is 3.92. The Morgan fingerprint density at radius 2 is 2.14 bits per heavy atom. The molecule has 0 aliphatic carbocycles. The van der Waals surface area contributed by atoms with E-state index in [4.69, 9.17) is 0 Å². The van der Waals surface area contributed by atoms with Crippen LogP contribution in [0.5, 0.6) is 0 Å². The summed E-state index contributed by atoms with van der Waals surface area (Å²) in [6, 6.07) is 1.96. The topological polar surface area (TPSA) is 29.0 Å². The number of anilines is 1. The molecule has 2 heterocycles. The van der Waals surface area contributed by atoms with Crippen LogP contribution in [-0.2, 0) is 0 Å². The van der Waals surface area contributed by atoms with Crippen molar-refractivity contribution in [2.75, 3.05) is 18.0 Å². The van der Waals surface area contributed by atoms with Crippen LogP contribution in [-0.4, -0.2) is 23.1 Å². The van der Waals surface area contributed by atoms with Gasteiger partial charge in [0.05, 0.1) is 10.2 Å². The maximum atomic E-state index is 4.56. The number of fused-ring (bicyclic) bond motifs is 1. The van der Waals surface area contributed by atoms with Crippen molar-refractivity contribution in [3.8, 4) is 0 Å². The van der Waals surface area contributed by atoms with Gasteiger partial charge in [0.15, 0.2) is 5.13 Å². The van der Waals surface area contributed by atoms with Crippen molar-refractivity contribution >= 4 is 26.7 Å². The maximum Gasteiger partial charge on any atom is 0.186 e. The maximum absolute atomic E-state index is 4.56. The van der Waals surface area contributed by atoms with Gasteiger partial charge in [-0.05, 0) is 19.9 Å². The fraction of sp³-hybridized carbons (Fsp3) is 0.400. The number of hydrogen-bond donors (Lipinski definition) is 0. The lowest BCUT2D eigenvalue weighted by Gasteiger charge is -2.16. The van der Waals surface area contributed by atoms with Gasteiger partial charge in [0, 0.05) is 25.5 Å². The summed E-state index contributed by atoms with van der Waals surface area (Å²) in [5, 5.41) is 1.10. The lowest BCUT2D eigenvalue weighted by atomic mass is 10.4. The van der Waals surface area contributed by atoms with Crippen LogP contribution in [0.1, 0.15) is 13.8 Å². The largest absolute Gasteiger partial charge is 0.349 e. The first kappa shape index (κ1) is 9.40. The third-order valence-electron chi connectivity index (χ3n) is 2.21. The molecule has 0 aromatic carbocycles. The molecule has 0 spiro atoms. The van der Waals surface area contributed by atoms with Crippen LogP contribution in [0.25, 0.3) is 10.2 Å². The molecule has 74 valence electrons. The molecule has 0 radical (unpaired) electrons. The number of thiazole rings is 1. The minimum absolute atomic E-state index is 1.00. The van der Waals surface area contributed by atoms with Crippen LogP contribution < -0.4 is 4.90 Å². The molecule has 2 aromatic rings. The summed E-state index contributed by atoms with van der Waals surface area (Å²) in [6.45, 7) is 6.30. The first-order chi connectivity index (χ1) is 6.85. The van der Waals surface area contributed by atoms with Crippen LogP contribution in [0.2, 0.25) is 0 Å². The minimum atomic E-state index is 1.00. The van der Waals surface area contributed by atoms with Gasteiger partial charge in [-0.25, -0.2) is 4.98 Å². The van der Waals surface area contributed by atoms with Crippen molar-refractivity contribution in [1.82, 2.24) is 9.97 Å². The van der Waals surface area contributed by atoms with Gasteiger partial charge in [-0.1, -0.05) is 11.3 Å². The Labute approximate surface area is 87.4 Å². The van der Waals surface area contributed by atoms with Gasteiger partial charge in [0.1, 0.15) is 0 Å². The second-order valence-electron chi connectivity index (χ2n) is 3.01. The summed E-state index contributed by atoms with van der Waals surface area (Å²) in [4.78, 5) is 10.9. The van der Waals surface area contributed by atoms with Crippen molar-refractivity contribution in [2.24, 2.45) is 0 Å². The molecule has 0 aliphatic rings. The van der Waals surface area contributed by atoms with Crippen molar-refractivity contribution < 1.29 is 0 Å². The Morgan fingerprint density at radius 1 is 1.36 bits per heavy atom. The fourth-order valence-electron chi connectivity index (χ4n) is 1.40. The van der Waals surface area contributed by atoms with Gasteiger partial charge in [-0.15, -0.1) is 0 Å². The van der Waals surface area contributed by atoms with Crippen molar-refractivity contribution in [1.29, 1.82) is 0 Å². The summed E-state index contributed by atoms with van der Waals surface area (Å²) in [7, 11) is 0. The zero-order chi connectivity index (χ0) is 9.97. The Morgan fingerprint density at radius 3 is 2.79 bits per heavy atom. The van der Waals surface area contributed by atoms with Gasteiger partial charge >= 0.3 is 0 Å². The highest BCUT2D eigenvalue weighted by molar-refractivity contribution is 7.22. The van der Waals surface area contributed by atoms with Crippen molar-refractivity contribution in [3.05, 3.63) is 18.5 Å².